The highest BCUT2D eigenvalue weighted by atomic mass is 35.5. The van der Waals surface area contributed by atoms with Crippen LogP contribution in [0.3, 0.4) is 0 Å². The Hall–Kier alpha value is -2.61. The number of likely N-dealkylation sites (tertiary alicyclic amines) is 1. The van der Waals surface area contributed by atoms with Gasteiger partial charge in [0.05, 0.1) is 23.0 Å². The number of anilines is 1. The van der Waals surface area contributed by atoms with Gasteiger partial charge in [0.2, 0.25) is 0 Å². The average molecular weight is 456 g/mol. The molecule has 170 valence electrons. The van der Waals surface area contributed by atoms with Crippen molar-refractivity contribution >= 4 is 29.0 Å². The van der Waals surface area contributed by atoms with Crippen molar-refractivity contribution in [3.8, 4) is 0 Å². The molecule has 0 radical (unpaired) electrons. The van der Waals surface area contributed by atoms with E-state index in [4.69, 9.17) is 21.7 Å². The van der Waals surface area contributed by atoms with E-state index in [0.717, 1.165) is 55.1 Å². The summed E-state index contributed by atoms with van der Waals surface area (Å²) in [7, 11) is 0. The largest absolute Gasteiger partial charge is 0.356 e. The summed E-state index contributed by atoms with van der Waals surface area (Å²) >= 11 is 6.39. The Balaban J connectivity index is 1.50. The summed E-state index contributed by atoms with van der Waals surface area (Å²) in [6.07, 6.45) is 8.95. The number of halogens is 1. The highest BCUT2D eigenvalue weighted by molar-refractivity contribution is 6.33. The molecule has 3 aromatic rings. The number of piperidine rings is 1. The molecule has 0 N–H and O–H groups in total. The van der Waals surface area contributed by atoms with Crippen LogP contribution >= 0.6 is 11.6 Å². The van der Waals surface area contributed by atoms with Crippen LogP contribution in [0.15, 0.2) is 18.5 Å². The van der Waals surface area contributed by atoms with Gasteiger partial charge in [0.1, 0.15) is 11.5 Å². The van der Waals surface area contributed by atoms with Crippen LogP contribution in [0.4, 0.5) is 5.82 Å². The summed E-state index contributed by atoms with van der Waals surface area (Å²) in [6.45, 7) is 8.89. The maximum atomic E-state index is 13.6. The molecule has 8 nitrogen and oxygen atoms in total. The second-order valence-corrected chi connectivity index (χ2v) is 9.61. The fourth-order valence-electron chi connectivity index (χ4n) is 4.98. The Bertz CT molecular complexity index is 1140. The maximum Gasteiger partial charge on any atom is 0.274 e. The van der Waals surface area contributed by atoms with Crippen molar-refractivity contribution in [3.63, 3.8) is 0 Å². The lowest BCUT2D eigenvalue weighted by Crippen LogP contribution is -2.40. The molecule has 32 heavy (non-hydrogen) atoms. The number of fused-ring (bicyclic) bond motifs is 1. The van der Waals surface area contributed by atoms with E-state index in [1.54, 1.807) is 10.9 Å². The molecule has 0 spiro atoms. The summed E-state index contributed by atoms with van der Waals surface area (Å²) in [4.78, 5) is 22.8. The van der Waals surface area contributed by atoms with Crippen LogP contribution in [0.25, 0.3) is 5.65 Å². The molecule has 5 heterocycles. The minimum Gasteiger partial charge on any atom is -0.356 e. The molecule has 1 unspecified atom stereocenters. The molecule has 2 aliphatic heterocycles. The Kier molecular flexibility index (Phi) is 5.57. The molecule has 3 aromatic heterocycles. The second-order valence-electron chi connectivity index (χ2n) is 9.20. The fourth-order valence-corrected chi connectivity index (χ4v) is 5.19. The zero-order valence-electron chi connectivity index (χ0n) is 19.0. The Morgan fingerprint density at radius 1 is 1.16 bits per heavy atom. The van der Waals surface area contributed by atoms with Crippen molar-refractivity contribution in [2.75, 3.05) is 24.5 Å². The third-order valence-corrected chi connectivity index (χ3v) is 6.85. The number of hydrogen-bond acceptors (Lipinski definition) is 5. The number of aryl methyl sites for hydroxylation is 1. The van der Waals surface area contributed by atoms with Crippen molar-refractivity contribution in [1.29, 1.82) is 0 Å². The first-order valence-corrected chi connectivity index (χ1v) is 12.0. The molecule has 2 aliphatic rings. The molecule has 2 saturated heterocycles. The second kappa shape index (κ2) is 8.39. The van der Waals surface area contributed by atoms with Crippen LogP contribution in [-0.2, 0) is 0 Å². The predicted molar refractivity (Wildman–Crippen MR) is 124 cm³/mol. The van der Waals surface area contributed by atoms with E-state index in [9.17, 15) is 4.79 Å². The monoisotopic (exact) mass is 455 g/mol. The summed E-state index contributed by atoms with van der Waals surface area (Å²) in [5.41, 5.74) is 3.30. The zero-order chi connectivity index (χ0) is 22.4. The molecule has 5 rings (SSSR count). The fraction of sp³-hybridized carbons (Fsp3) is 0.565. The molecule has 1 amide bonds. The highest BCUT2D eigenvalue weighted by Gasteiger charge is 2.34. The number of rotatable bonds is 4. The standard InChI is InChI=1S/C23H30ClN7O/c1-15(2)31-21(17(24)13-25-31)23(32)29-11-5-4-8-19(29)18-12-20-26-22(28-9-6-7-10-28)16(3)14-30(20)27-18/h12-15,19H,4-11H2,1-3H3. The lowest BCUT2D eigenvalue weighted by Gasteiger charge is -2.35. The molecular weight excluding hydrogens is 426 g/mol. The van der Waals surface area contributed by atoms with Crippen molar-refractivity contribution in [1.82, 2.24) is 29.3 Å². The van der Waals surface area contributed by atoms with E-state index >= 15 is 0 Å². The summed E-state index contributed by atoms with van der Waals surface area (Å²) in [6, 6.07) is 1.99. The molecule has 2 fully saturated rings. The predicted octanol–water partition coefficient (Wildman–Crippen LogP) is 4.44. The minimum atomic E-state index is -0.0972. The molecule has 0 aliphatic carbocycles. The van der Waals surface area contributed by atoms with E-state index in [1.165, 1.54) is 12.8 Å². The normalized spacial score (nSPS) is 19.5. The van der Waals surface area contributed by atoms with Gasteiger partial charge in [-0.25, -0.2) is 9.50 Å². The Labute approximate surface area is 193 Å². The number of aromatic nitrogens is 5. The van der Waals surface area contributed by atoms with E-state index in [2.05, 4.69) is 23.1 Å². The first-order chi connectivity index (χ1) is 15.4. The van der Waals surface area contributed by atoms with Gasteiger partial charge in [-0.15, -0.1) is 0 Å². The van der Waals surface area contributed by atoms with Crippen LogP contribution in [-0.4, -0.2) is 54.8 Å². The first kappa shape index (κ1) is 21.2. The van der Waals surface area contributed by atoms with Crippen molar-refractivity contribution < 1.29 is 4.79 Å². The van der Waals surface area contributed by atoms with Crippen molar-refractivity contribution in [2.45, 2.75) is 65.0 Å². The van der Waals surface area contributed by atoms with Gasteiger partial charge in [0.15, 0.2) is 5.65 Å². The van der Waals surface area contributed by atoms with Gasteiger partial charge in [-0.05, 0) is 52.9 Å². The van der Waals surface area contributed by atoms with Crippen molar-refractivity contribution in [3.05, 3.63) is 40.4 Å². The molecule has 9 heteroatoms. The van der Waals surface area contributed by atoms with E-state index < -0.39 is 0 Å². The first-order valence-electron chi connectivity index (χ1n) is 11.6. The average Bonchev–Trinajstić information content (AvgIpc) is 3.52. The van der Waals surface area contributed by atoms with Crippen LogP contribution in [0.2, 0.25) is 5.02 Å². The molecular formula is C23H30ClN7O. The summed E-state index contributed by atoms with van der Waals surface area (Å²) < 4.78 is 3.57. The SMILES string of the molecule is Cc1cn2nc(C3CCCCN3C(=O)c3c(Cl)cnn3C(C)C)cc2nc1N1CCCC1. The third-order valence-electron chi connectivity index (χ3n) is 6.58. The van der Waals surface area contributed by atoms with Gasteiger partial charge in [-0.2, -0.15) is 10.2 Å². The van der Waals surface area contributed by atoms with Crippen molar-refractivity contribution in [2.24, 2.45) is 0 Å². The summed E-state index contributed by atoms with van der Waals surface area (Å²) in [5.74, 6) is 0.968. The summed E-state index contributed by atoms with van der Waals surface area (Å²) in [5, 5.41) is 9.57. The molecule has 0 saturated carbocycles. The van der Waals surface area contributed by atoms with E-state index in [0.29, 0.717) is 17.3 Å². The lowest BCUT2D eigenvalue weighted by atomic mass is 9.99. The number of nitrogens with zero attached hydrogens (tertiary/aromatic N) is 7. The van der Waals surface area contributed by atoms with Gasteiger partial charge < -0.3 is 9.80 Å². The van der Waals surface area contributed by atoms with Crippen LogP contribution in [0, 0.1) is 6.92 Å². The van der Waals surface area contributed by atoms with Crippen LogP contribution < -0.4 is 4.90 Å². The van der Waals surface area contributed by atoms with Crippen LogP contribution in [0.5, 0.6) is 0 Å². The maximum absolute atomic E-state index is 13.6. The third kappa shape index (κ3) is 3.64. The number of hydrogen-bond donors (Lipinski definition) is 0. The van der Waals surface area contributed by atoms with E-state index in [1.807, 2.05) is 29.3 Å². The van der Waals surface area contributed by atoms with Gasteiger partial charge in [-0.1, -0.05) is 11.6 Å². The number of amides is 1. The zero-order valence-corrected chi connectivity index (χ0v) is 19.7. The number of carbonyl (C=O) groups excluding carboxylic acids is 1. The molecule has 0 aromatic carbocycles. The highest BCUT2D eigenvalue weighted by Crippen LogP contribution is 2.34. The van der Waals surface area contributed by atoms with Crippen LogP contribution in [0.1, 0.15) is 79.8 Å². The quantitative estimate of drug-likeness (QED) is 0.581. The molecule has 0 bridgehead atoms. The minimum absolute atomic E-state index is 0.0519. The topological polar surface area (TPSA) is 71.6 Å². The van der Waals surface area contributed by atoms with Gasteiger partial charge in [0.25, 0.3) is 5.91 Å². The molecule has 1 atom stereocenters. The van der Waals surface area contributed by atoms with Gasteiger partial charge in [0, 0.05) is 43.5 Å². The Morgan fingerprint density at radius 2 is 1.91 bits per heavy atom. The smallest absolute Gasteiger partial charge is 0.274 e. The lowest BCUT2D eigenvalue weighted by molar-refractivity contribution is 0.0591. The van der Waals surface area contributed by atoms with Gasteiger partial charge >= 0.3 is 0 Å². The Morgan fingerprint density at radius 3 is 2.66 bits per heavy atom. The number of carbonyl (C=O) groups is 1. The van der Waals surface area contributed by atoms with Gasteiger partial charge in [-0.3, -0.25) is 9.48 Å². The van der Waals surface area contributed by atoms with E-state index in [-0.39, 0.29) is 18.0 Å².